The Morgan fingerprint density at radius 1 is 1.14 bits per heavy atom. The van der Waals surface area contributed by atoms with E-state index in [1.807, 2.05) is 6.07 Å². The number of nitrogens with zero attached hydrogens (tertiary/aromatic N) is 3. The molecule has 29 heavy (non-hydrogen) atoms. The third kappa shape index (κ3) is 3.71. The van der Waals surface area contributed by atoms with Crippen LogP contribution in [-0.2, 0) is 10.0 Å². The lowest BCUT2D eigenvalue weighted by Gasteiger charge is -2.06. The highest BCUT2D eigenvalue weighted by atomic mass is 32.2. The van der Waals surface area contributed by atoms with E-state index >= 15 is 0 Å². The van der Waals surface area contributed by atoms with Crippen LogP contribution in [0.2, 0.25) is 0 Å². The second-order valence-electron chi connectivity index (χ2n) is 6.06. The molecule has 4 aromatic rings. The van der Waals surface area contributed by atoms with Gasteiger partial charge in [0, 0.05) is 0 Å². The lowest BCUT2D eigenvalue weighted by Crippen LogP contribution is -2.12. The van der Waals surface area contributed by atoms with E-state index in [0.29, 0.717) is 27.7 Å². The predicted octanol–water partition coefficient (Wildman–Crippen LogP) is 3.74. The first-order chi connectivity index (χ1) is 13.8. The zero-order chi connectivity index (χ0) is 20.8. The molecule has 0 bridgehead atoms. The molecule has 0 fully saturated rings. The molecule has 0 aliphatic heterocycles. The highest BCUT2D eigenvalue weighted by Gasteiger charge is 2.20. The number of hydrogen-bond acceptors (Lipinski definition) is 6. The van der Waals surface area contributed by atoms with Crippen LogP contribution in [0.4, 0.5) is 8.78 Å². The van der Waals surface area contributed by atoms with Crippen molar-refractivity contribution in [3.63, 3.8) is 0 Å². The van der Waals surface area contributed by atoms with Crippen molar-refractivity contribution < 1.29 is 21.9 Å². The second kappa shape index (κ2) is 7.17. The molecule has 2 heterocycles. The summed E-state index contributed by atoms with van der Waals surface area (Å²) in [6.45, 7) is 0. The van der Waals surface area contributed by atoms with Gasteiger partial charge < -0.3 is 4.74 Å². The molecular weight excluding hydrogens is 422 g/mol. The van der Waals surface area contributed by atoms with Crippen LogP contribution in [0.5, 0.6) is 5.75 Å². The number of sulfonamides is 1. The topological polar surface area (TPSA) is 100 Å². The average Bonchev–Trinajstić information content (AvgIpc) is 3.31. The molecule has 0 saturated heterocycles. The van der Waals surface area contributed by atoms with Crippen LogP contribution in [0, 0.1) is 0 Å². The van der Waals surface area contributed by atoms with E-state index < -0.39 is 22.1 Å². The van der Waals surface area contributed by atoms with Gasteiger partial charge in [0.05, 0.1) is 27.9 Å². The number of alkyl halides is 2. The number of primary sulfonamides is 1. The van der Waals surface area contributed by atoms with Crippen LogP contribution >= 0.6 is 11.3 Å². The first kappa shape index (κ1) is 19.4. The summed E-state index contributed by atoms with van der Waals surface area (Å²) in [7, 11) is -2.31. The van der Waals surface area contributed by atoms with Gasteiger partial charge in [-0.3, -0.25) is 0 Å². The number of nitrogens with two attached hydrogens (primary N) is 1. The van der Waals surface area contributed by atoms with E-state index in [-0.39, 0.29) is 4.90 Å². The molecule has 0 amide bonds. The molecule has 2 aromatic heterocycles. The monoisotopic (exact) mass is 436 g/mol. The maximum Gasteiger partial charge on any atom is 0.282 e. The fourth-order valence-corrected chi connectivity index (χ4v) is 4.28. The number of fused-ring (bicyclic) bond motifs is 1. The maximum atomic E-state index is 13.3. The van der Waals surface area contributed by atoms with Crippen molar-refractivity contribution in [3.8, 4) is 22.1 Å². The van der Waals surface area contributed by atoms with Gasteiger partial charge in [-0.05, 0) is 48.5 Å². The van der Waals surface area contributed by atoms with Crippen molar-refractivity contribution in [3.05, 3.63) is 54.2 Å². The van der Waals surface area contributed by atoms with Gasteiger partial charge in [-0.15, -0.1) is 11.3 Å². The average molecular weight is 436 g/mol. The highest BCUT2D eigenvalue weighted by molar-refractivity contribution is 7.89. The van der Waals surface area contributed by atoms with Crippen LogP contribution < -0.4 is 9.88 Å². The lowest BCUT2D eigenvalue weighted by atomic mass is 10.3. The van der Waals surface area contributed by atoms with E-state index in [9.17, 15) is 17.2 Å². The second-order valence-corrected chi connectivity index (χ2v) is 8.65. The highest BCUT2D eigenvalue weighted by Crippen LogP contribution is 2.35. The first-order valence-corrected chi connectivity index (χ1v) is 10.6. The van der Waals surface area contributed by atoms with Crippen molar-refractivity contribution in [2.75, 3.05) is 7.11 Å². The van der Waals surface area contributed by atoms with Gasteiger partial charge in [-0.25, -0.2) is 32.0 Å². The molecule has 2 aromatic carbocycles. The van der Waals surface area contributed by atoms with Gasteiger partial charge in [0.15, 0.2) is 0 Å². The molecule has 0 radical (unpaired) electrons. The van der Waals surface area contributed by atoms with E-state index in [1.165, 1.54) is 46.4 Å². The van der Waals surface area contributed by atoms with E-state index in [0.717, 1.165) is 4.70 Å². The largest absolute Gasteiger partial charge is 0.497 e. The third-order valence-electron chi connectivity index (χ3n) is 4.18. The molecule has 4 rings (SSSR count). The van der Waals surface area contributed by atoms with Gasteiger partial charge in [-0.2, -0.15) is 5.10 Å². The molecule has 7 nitrogen and oxygen atoms in total. The van der Waals surface area contributed by atoms with Gasteiger partial charge in [0.1, 0.15) is 22.1 Å². The van der Waals surface area contributed by atoms with Crippen molar-refractivity contribution in [2.45, 2.75) is 11.3 Å². The van der Waals surface area contributed by atoms with Gasteiger partial charge in [0.2, 0.25) is 10.0 Å². The summed E-state index contributed by atoms with van der Waals surface area (Å²) in [6.07, 6.45) is -2.77. The van der Waals surface area contributed by atoms with E-state index in [1.54, 1.807) is 19.2 Å². The molecule has 0 unspecified atom stereocenters. The standard InChI is InChI=1S/C18H14F2N4O3S2/c1-27-11-4-7-13-16(8-11)28-18(22-13)15-9-14(17(19)20)23-24(15)10-2-5-12(6-3-10)29(21,25)26/h2-9,17H,1H3,(H2,21,25,26). The van der Waals surface area contributed by atoms with Crippen molar-refractivity contribution >= 4 is 31.6 Å². The number of halogens is 2. The Kier molecular flexibility index (Phi) is 4.81. The number of benzene rings is 2. The summed E-state index contributed by atoms with van der Waals surface area (Å²) in [5.74, 6) is 0.660. The SMILES string of the molecule is COc1ccc2nc(-c3cc(C(F)F)nn3-c3ccc(S(N)(=O)=O)cc3)sc2c1. The lowest BCUT2D eigenvalue weighted by molar-refractivity contribution is 0.145. The van der Waals surface area contributed by atoms with E-state index in [2.05, 4.69) is 10.1 Å². The summed E-state index contributed by atoms with van der Waals surface area (Å²) < 4.78 is 56.9. The molecule has 11 heteroatoms. The quantitative estimate of drug-likeness (QED) is 0.514. The number of methoxy groups -OCH3 is 1. The minimum atomic E-state index is -3.87. The molecule has 0 saturated carbocycles. The fourth-order valence-electron chi connectivity index (χ4n) is 2.77. The van der Waals surface area contributed by atoms with Crippen LogP contribution in [-0.4, -0.2) is 30.3 Å². The number of ether oxygens (including phenoxy) is 1. The van der Waals surface area contributed by atoms with Gasteiger partial charge in [0.25, 0.3) is 6.43 Å². The predicted molar refractivity (Wildman–Crippen MR) is 105 cm³/mol. The number of hydrogen-bond donors (Lipinski definition) is 1. The minimum absolute atomic E-state index is 0.0869. The first-order valence-electron chi connectivity index (χ1n) is 8.22. The Morgan fingerprint density at radius 3 is 2.48 bits per heavy atom. The molecule has 2 N–H and O–H groups in total. The number of rotatable bonds is 5. The summed E-state index contributed by atoms with van der Waals surface area (Å²) in [5.41, 5.74) is 1.05. The third-order valence-corrected chi connectivity index (χ3v) is 6.15. The molecule has 0 spiro atoms. The van der Waals surface area contributed by atoms with Crippen molar-refractivity contribution in [1.29, 1.82) is 0 Å². The summed E-state index contributed by atoms with van der Waals surface area (Å²) in [5, 5.41) is 9.58. The zero-order valence-electron chi connectivity index (χ0n) is 14.9. The zero-order valence-corrected chi connectivity index (χ0v) is 16.5. The van der Waals surface area contributed by atoms with Gasteiger partial charge in [-0.1, -0.05) is 0 Å². The van der Waals surface area contributed by atoms with Crippen LogP contribution in [0.25, 0.3) is 26.6 Å². The Bertz CT molecular complexity index is 1300. The van der Waals surface area contributed by atoms with Crippen molar-refractivity contribution in [2.24, 2.45) is 5.14 Å². The number of aromatic nitrogens is 3. The van der Waals surface area contributed by atoms with Gasteiger partial charge >= 0.3 is 0 Å². The Labute approximate surface area is 168 Å². The Morgan fingerprint density at radius 2 is 1.86 bits per heavy atom. The molecular formula is C18H14F2N4O3S2. The smallest absolute Gasteiger partial charge is 0.282 e. The summed E-state index contributed by atoms with van der Waals surface area (Å²) >= 11 is 1.31. The molecule has 0 atom stereocenters. The molecule has 0 aliphatic rings. The molecule has 150 valence electrons. The molecule has 0 aliphatic carbocycles. The Hall–Kier alpha value is -2.89. The minimum Gasteiger partial charge on any atom is -0.497 e. The number of thiazole rings is 1. The van der Waals surface area contributed by atoms with Crippen LogP contribution in [0.15, 0.2) is 53.4 Å². The van der Waals surface area contributed by atoms with Crippen molar-refractivity contribution in [1.82, 2.24) is 14.8 Å². The Balaban J connectivity index is 1.85. The van der Waals surface area contributed by atoms with Crippen LogP contribution in [0.3, 0.4) is 0 Å². The summed E-state index contributed by atoms with van der Waals surface area (Å²) in [6, 6.07) is 12.1. The normalized spacial score (nSPS) is 12.0. The van der Waals surface area contributed by atoms with E-state index in [4.69, 9.17) is 9.88 Å². The fraction of sp³-hybridized carbons (Fsp3) is 0.111. The summed E-state index contributed by atoms with van der Waals surface area (Å²) in [4.78, 5) is 4.43. The van der Waals surface area contributed by atoms with Crippen LogP contribution in [0.1, 0.15) is 12.1 Å². The maximum absolute atomic E-state index is 13.3.